The number of hydrogen-bond donors (Lipinski definition) is 1. The van der Waals surface area contributed by atoms with E-state index < -0.39 is 0 Å². The van der Waals surface area contributed by atoms with Gasteiger partial charge in [0.15, 0.2) is 0 Å². The number of unbranched alkanes of at least 4 members (excludes halogenated alkanes) is 1. The van der Waals surface area contributed by atoms with E-state index in [0.717, 1.165) is 38.3 Å². The maximum Gasteiger partial charge on any atom is -0.00142 e. The van der Waals surface area contributed by atoms with Crippen LogP contribution >= 0.6 is 0 Å². The lowest BCUT2D eigenvalue weighted by molar-refractivity contribution is 0.556. The van der Waals surface area contributed by atoms with Gasteiger partial charge in [0.1, 0.15) is 0 Å². The SMILES string of the molecule is C=CCCC=CCCNCC(C)C. The average Bonchev–Trinajstić information content (AvgIpc) is 2.09. The lowest BCUT2D eigenvalue weighted by atomic mass is 10.2. The molecule has 0 unspecified atom stereocenters. The summed E-state index contributed by atoms with van der Waals surface area (Å²) in [7, 11) is 0. The molecule has 0 aliphatic heterocycles. The van der Waals surface area contributed by atoms with Crippen molar-refractivity contribution >= 4 is 0 Å². The molecule has 0 heterocycles. The van der Waals surface area contributed by atoms with Gasteiger partial charge in [-0.2, -0.15) is 0 Å². The Morgan fingerprint density at radius 2 is 1.85 bits per heavy atom. The molecule has 0 rings (SSSR count). The van der Waals surface area contributed by atoms with E-state index in [0.29, 0.717) is 0 Å². The van der Waals surface area contributed by atoms with E-state index in [9.17, 15) is 0 Å². The molecule has 1 N–H and O–H groups in total. The van der Waals surface area contributed by atoms with Crippen LogP contribution in [0.3, 0.4) is 0 Å². The molecule has 1 heteroatoms. The van der Waals surface area contributed by atoms with E-state index in [2.05, 4.69) is 37.9 Å². The van der Waals surface area contributed by atoms with E-state index >= 15 is 0 Å². The first-order chi connectivity index (χ1) is 6.27. The molecule has 0 bridgehead atoms. The molecule has 0 fully saturated rings. The van der Waals surface area contributed by atoms with Gasteiger partial charge in [-0.25, -0.2) is 0 Å². The highest BCUT2D eigenvalue weighted by Crippen LogP contribution is 1.93. The molecule has 0 spiro atoms. The molecule has 0 aliphatic rings. The third-order valence-electron chi connectivity index (χ3n) is 1.74. The topological polar surface area (TPSA) is 12.0 Å². The summed E-state index contributed by atoms with van der Waals surface area (Å²) < 4.78 is 0. The van der Waals surface area contributed by atoms with Crippen molar-refractivity contribution in [2.45, 2.75) is 33.1 Å². The fraction of sp³-hybridized carbons (Fsp3) is 0.667. The van der Waals surface area contributed by atoms with Gasteiger partial charge in [0.05, 0.1) is 0 Å². The second-order valence-electron chi connectivity index (χ2n) is 3.72. The second-order valence-corrected chi connectivity index (χ2v) is 3.72. The Morgan fingerprint density at radius 1 is 1.15 bits per heavy atom. The van der Waals surface area contributed by atoms with Gasteiger partial charge in [0.2, 0.25) is 0 Å². The number of nitrogens with one attached hydrogen (secondary N) is 1. The third-order valence-corrected chi connectivity index (χ3v) is 1.74. The van der Waals surface area contributed by atoms with Crippen molar-refractivity contribution in [2.75, 3.05) is 13.1 Å². The van der Waals surface area contributed by atoms with Crippen LogP contribution in [0.15, 0.2) is 24.8 Å². The summed E-state index contributed by atoms with van der Waals surface area (Å²) in [6, 6.07) is 0. The highest BCUT2D eigenvalue weighted by molar-refractivity contribution is 4.84. The standard InChI is InChI=1S/C12H23N/c1-4-5-6-7-8-9-10-13-11-12(2)3/h4,7-8,12-13H,1,5-6,9-11H2,2-3H3. The van der Waals surface area contributed by atoms with Gasteiger partial charge in [-0.3, -0.25) is 0 Å². The molecular formula is C12H23N. The van der Waals surface area contributed by atoms with E-state index in [1.807, 2.05) is 6.08 Å². The van der Waals surface area contributed by atoms with E-state index in [1.165, 1.54) is 0 Å². The van der Waals surface area contributed by atoms with Crippen molar-refractivity contribution in [1.29, 1.82) is 0 Å². The minimum atomic E-state index is 0.754. The van der Waals surface area contributed by atoms with Crippen LogP contribution in [0.5, 0.6) is 0 Å². The Balaban J connectivity index is 3.06. The highest BCUT2D eigenvalue weighted by Gasteiger charge is 1.89. The van der Waals surface area contributed by atoms with Crippen LogP contribution in [0.4, 0.5) is 0 Å². The Morgan fingerprint density at radius 3 is 2.46 bits per heavy atom. The van der Waals surface area contributed by atoms with Crippen molar-refractivity contribution in [3.8, 4) is 0 Å². The number of rotatable bonds is 8. The van der Waals surface area contributed by atoms with Crippen molar-refractivity contribution < 1.29 is 0 Å². The maximum absolute atomic E-state index is 3.68. The van der Waals surface area contributed by atoms with Crippen LogP contribution in [0.1, 0.15) is 33.1 Å². The first-order valence-corrected chi connectivity index (χ1v) is 5.24. The zero-order chi connectivity index (χ0) is 9.94. The minimum Gasteiger partial charge on any atom is -0.316 e. The summed E-state index contributed by atoms with van der Waals surface area (Å²) in [6.07, 6.45) is 9.81. The molecule has 0 saturated carbocycles. The molecule has 0 aromatic rings. The summed E-state index contributed by atoms with van der Waals surface area (Å²) in [5.74, 6) is 0.754. The predicted octanol–water partition coefficient (Wildman–Crippen LogP) is 3.14. The fourth-order valence-electron chi connectivity index (χ4n) is 1.03. The van der Waals surface area contributed by atoms with E-state index in [4.69, 9.17) is 0 Å². The maximum atomic E-state index is 3.68. The lowest BCUT2D eigenvalue weighted by Gasteiger charge is -2.04. The number of hydrogen-bond acceptors (Lipinski definition) is 1. The summed E-state index contributed by atoms with van der Waals surface area (Å²) in [5, 5.41) is 3.40. The molecule has 0 radical (unpaired) electrons. The Kier molecular flexibility index (Phi) is 9.12. The molecule has 1 nitrogen and oxygen atoms in total. The minimum absolute atomic E-state index is 0.754. The Bertz CT molecular complexity index is 136. The van der Waals surface area contributed by atoms with Crippen LogP contribution in [-0.2, 0) is 0 Å². The van der Waals surface area contributed by atoms with Gasteiger partial charge in [-0.05, 0) is 38.3 Å². The molecule has 0 saturated heterocycles. The fourth-order valence-corrected chi connectivity index (χ4v) is 1.03. The van der Waals surface area contributed by atoms with Gasteiger partial charge in [-0.1, -0.05) is 32.1 Å². The van der Waals surface area contributed by atoms with Crippen LogP contribution in [0.2, 0.25) is 0 Å². The van der Waals surface area contributed by atoms with Gasteiger partial charge in [0.25, 0.3) is 0 Å². The van der Waals surface area contributed by atoms with Crippen LogP contribution in [0, 0.1) is 5.92 Å². The number of allylic oxidation sites excluding steroid dienone is 2. The molecule has 13 heavy (non-hydrogen) atoms. The summed E-state index contributed by atoms with van der Waals surface area (Å²) in [4.78, 5) is 0. The predicted molar refractivity (Wildman–Crippen MR) is 60.9 cm³/mol. The summed E-state index contributed by atoms with van der Waals surface area (Å²) in [5.41, 5.74) is 0. The Labute approximate surface area is 82.9 Å². The van der Waals surface area contributed by atoms with Gasteiger partial charge >= 0.3 is 0 Å². The summed E-state index contributed by atoms with van der Waals surface area (Å²) in [6.45, 7) is 10.4. The van der Waals surface area contributed by atoms with Crippen molar-refractivity contribution in [1.82, 2.24) is 5.32 Å². The molecule has 0 atom stereocenters. The van der Waals surface area contributed by atoms with Crippen LogP contribution in [-0.4, -0.2) is 13.1 Å². The van der Waals surface area contributed by atoms with Gasteiger partial charge in [0, 0.05) is 0 Å². The molecule has 0 aromatic carbocycles. The van der Waals surface area contributed by atoms with Crippen molar-refractivity contribution in [3.05, 3.63) is 24.8 Å². The van der Waals surface area contributed by atoms with Crippen LogP contribution in [0.25, 0.3) is 0 Å². The largest absolute Gasteiger partial charge is 0.316 e. The zero-order valence-electron chi connectivity index (χ0n) is 9.05. The summed E-state index contributed by atoms with van der Waals surface area (Å²) >= 11 is 0. The quantitative estimate of drug-likeness (QED) is 0.448. The second kappa shape index (κ2) is 9.53. The van der Waals surface area contributed by atoms with Crippen LogP contribution < -0.4 is 5.32 Å². The molecule has 0 aliphatic carbocycles. The van der Waals surface area contributed by atoms with Crippen molar-refractivity contribution in [2.24, 2.45) is 5.92 Å². The lowest BCUT2D eigenvalue weighted by Crippen LogP contribution is -2.20. The van der Waals surface area contributed by atoms with E-state index in [-0.39, 0.29) is 0 Å². The zero-order valence-corrected chi connectivity index (χ0v) is 9.05. The highest BCUT2D eigenvalue weighted by atomic mass is 14.8. The smallest absolute Gasteiger partial charge is 0.00142 e. The Hall–Kier alpha value is -0.560. The normalized spacial score (nSPS) is 11.3. The molecule has 0 amide bonds. The average molecular weight is 181 g/mol. The van der Waals surface area contributed by atoms with Gasteiger partial charge in [-0.15, -0.1) is 6.58 Å². The van der Waals surface area contributed by atoms with Gasteiger partial charge < -0.3 is 5.32 Å². The third kappa shape index (κ3) is 11.4. The molecule has 0 aromatic heterocycles. The van der Waals surface area contributed by atoms with E-state index in [1.54, 1.807) is 0 Å². The molecule has 76 valence electrons. The van der Waals surface area contributed by atoms with Crippen molar-refractivity contribution in [3.63, 3.8) is 0 Å². The monoisotopic (exact) mass is 181 g/mol. The first-order valence-electron chi connectivity index (χ1n) is 5.24. The molecular weight excluding hydrogens is 158 g/mol. The first kappa shape index (κ1) is 12.4.